The van der Waals surface area contributed by atoms with Crippen LogP contribution in [0.25, 0.3) is 0 Å². The van der Waals surface area contributed by atoms with Crippen LogP contribution in [0.3, 0.4) is 0 Å². The maximum Gasteiger partial charge on any atom is 0.313 e. The average Bonchev–Trinajstić information content (AvgIpc) is 3.33. The van der Waals surface area contributed by atoms with Gasteiger partial charge in [-0.15, -0.1) is 0 Å². The molecule has 1 unspecified atom stereocenters. The highest BCUT2D eigenvalue weighted by molar-refractivity contribution is 5.71. The molecule has 0 N–H and O–H groups in total. The number of carbonyl (C=O) groups excluding carboxylic acids is 1. The molecule has 4 fully saturated rings. The summed E-state index contributed by atoms with van der Waals surface area (Å²) in [6.07, 6.45) is 12.7. The Balaban J connectivity index is 1.25. The van der Waals surface area contributed by atoms with Gasteiger partial charge in [-0.1, -0.05) is 13.8 Å². The third-order valence-corrected chi connectivity index (χ3v) is 10.1. The Morgan fingerprint density at radius 2 is 1.97 bits per heavy atom. The fraction of sp³-hybridized carbons (Fsp3) is 0.808. The molecule has 4 aliphatic rings. The van der Waals surface area contributed by atoms with Crippen molar-refractivity contribution >= 4 is 5.97 Å². The third kappa shape index (κ3) is 3.25. The zero-order valence-electron chi connectivity index (χ0n) is 19.1. The van der Waals surface area contributed by atoms with Crippen LogP contribution >= 0.6 is 0 Å². The molecule has 0 bridgehead atoms. The molecule has 4 heteroatoms. The lowest BCUT2D eigenvalue weighted by Crippen LogP contribution is -2.60. The molecule has 1 aromatic rings. The van der Waals surface area contributed by atoms with E-state index in [1.165, 1.54) is 57.9 Å². The minimum absolute atomic E-state index is 0.149. The highest BCUT2D eigenvalue weighted by Gasteiger charge is 2.60. The number of esters is 1. The summed E-state index contributed by atoms with van der Waals surface area (Å²) in [5.74, 6) is 3.64. The second-order valence-corrected chi connectivity index (χ2v) is 11.3. The lowest BCUT2D eigenvalue weighted by atomic mass is 9.47. The molecule has 0 amide bonds. The molecule has 5 rings (SSSR count). The number of hydrogen-bond donors (Lipinski definition) is 0. The van der Waals surface area contributed by atoms with Crippen LogP contribution in [0, 0.1) is 34.5 Å². The minimum Gasteiger partial charge on any atom is -0.469 e. The first-order chi connectivity index (χ1) is 14.4. The van der Waals surface area contributed by atoms with E-state index in [1.54, 1.807) is 6.26 Å². The van der Waals surface area contributed by atoms with Crippen LogP contribution < -0.4 is 0 Å². The summed E-state index contributed by atoms with van der Waals surface area (Å²) >= 11 is 0. The molecule has 1 saturated heterocycles. The molecule has 30 heavy (non-hydrogen) atoms. The number of piperidine rings is 1. The van der Waals surface area contributed by atoms with E-state index in [4.69, 9.17) is 9.15 Å². The Hall–Kier alpha value is -1.29. The predicted octanol–water partition coefficient (Wildman–Crippen LogP) is 5.32. The molecule has 7 atom stereocenters. The van der Waals surface area contributed by atoms with E-state index in [-0.39, 0.29) is 12.4 Å². The first-order valence-electron chi connectivity index (χ1n) is 12.3. The van der Waals surface area contributed by atoms with Crippen molar-refractivity contribution in [3.8, 4) is 0 Å². The first kappa shape index (κ1) is 20.6. The van der Waals surface area contributed by atoms with E-state index in [1.807, 2.05) is 12.1 Å². The van der Waals surface area contributed by atoms with Gasteiger partial charge in [0.1, 0.15) is 12.2 Å². The van der Waals surface area contributed by atoms with E-state index in [0.717, 1.165) is 23.8 Å². The number of likely N-dealkylation sites (tertiary alicyclic amines) is 1. The summed E-state index contributed by atoms with van der Waals surface area (Å²) in [5, 5.41) is 0. The van der Waals surface area contributed by atoms with E-state index in [2.05, 4.69) is 25.8 Å². The maximum atomic E-state index is 12.3. The largest absolute Gasteiger partial charge is 0.469 e. The van der Waals surface area contributed by atoms with E-state index in [0.29, 0.717) is 29.1 Å². The van der Waals surface area contributed by atoms with Gasteiger partial charge >= 0.3 is 5.97 Å². The van der Waals surface area contributed by atoms with Crippen LogP contribution in [0.2, 0.25) is 0 Å². The van der Waals surface area contributed by atoms with Gasteiger partial charge in [-0.05, 0) is 112 Å². The van der Waals surface area contributed by atoms with E-state index >= 15 is 0 Å². The highest BCUT2D eigenvalue weighted by atomic mass is 16.5. The number of hydrogen-bond acceptors (Lipinski definition) is 4. The Morgan fingerprint density at radius 1 is 1.13 bits per heavy atom. The van der Waals surface area contributed by atoms with Gasteiger partial charge in [-0.2, -0.15) is 0 Å². The quantitative estimate of drug-likeness (QED) is 0.627. The predicted molar refractivity (Wildman–Crippen MR) is 117 cm³/mol. The van der Waals surface area contributed by atoms with Crippen molar-refractivity contribution in [3.63, 3.8) is 0 Å². The van der Waals surface area contributed by atoms with Crippen LogP contribution in [0.15, 0.2) is 22.8 Å². The number of fused-ring (bicyclic) bond motifs is 5. The third-order valence-electron chi connectivity index (χ3n) is 10.1. The molecule has 3 aliphatic carbocycles. The van der Waals surface area contributed by atoms with Crippen LogP contribution in [-0.4, -0.2) is 37.1 Å². The van der Waals surface area contributed by atoms with Crippen LogP contribution in [0.4, 0.5) is 0 Å². The van der Waals surface area contributed by atoms with Gasteiger partial charge in [0.2, 0.25) is 0 Å². The summed E-state index contributed by atoms with van der Waals surface area (Å²) in [7, 11) is 2.36. The molecule has 0 spiro atoms. The standard InChI is InChI=1S/C26H39NO3/c1-25-13-11-22-20(8-10-23-26(22,2)12-5-14-27(23)3)21(25)9-7-18(25)17-30-24(28)16-19-6-4-15-29-19/h4,6,15,18,20-23H,5,7-14,16-17H2,1-3H3/t18?,20-,21-,22-,23+,25+,26+/m0/s1. The zero-order valence-corrected chi connectivity index (χ0v) is 19.1. The maximum absolute atomic E-state index is 12.3. The summed E-state index contributed by atoms with van der Waals surface area (Å²) < 4.78 is 11.1. The fourth-order valence-corrected chi connectivity index (χ4v) is 8.56. The summed E-state index contributed by atoms with van der Waals surface area (Å²) in [6.45, 7) is 7.01. The Kier molecular flexibility index (Phi) is 5.28. The molecule has 166 valence electrons. The average molecular weight is 414 g/mol. The van der Waals surface area contributed by atoms with Crippen LogP contribution in [-0.2, 0) is 16.0 Å². The van der Waals surface area contributed by atoms with Gasteiger partial charge < -0.3 is 14.1 Å². The van der Waals surface area contributed by atoms with Gasteiger partial charge in [0.15, 0.2) is 0 Å². The molecule has 4 nitrogen and oxygen atoms in total. The SMILES string of the molecule is CN1CCC[C@]2(C)[C@H]3CC[C@]4(C)C(COC(=O)Cc5ccco5)CC[C@H]4[C@@H]3CC[C@@H]12. The molecule has 0 aromatic carbocycles. The van der Waals surface area contributed by atoms with Crippen molar-refractivity contribution in [3.05, 3.63) is 24.2 Å². The molecule has 0 radical (unpaired) electrons. The number of furan rings is 1. The molecule has 3 saturated carbocycles. The Labute approximate surface area is 181 Å². The zero-order chi connectivity index (χ0) is 20.9. The van der Waals surface area contributed by atoms with Gasteiger partial charge in [0.25, 0.3) is 0 Å². The number of rotatable bonds is 4. The van der Waals surface area contributed by atoms with Crippen molar-refractivity contribution < 1.29 is 13.9 Å². The van der Waals surface area contributed by atoms with Crippen molar-refractivity contribution in [1.82, 2.24) is 4.90 Å². The second kappa shape index (κ2) is 7.69. The van der Waals surface area contributed by atoms with Crippen LogP contribution in [0.1, 0.15) is 71.0 Å². The van der Waals surface area contributed by atoms with Crippen molar-refractivity contribution in [2.75, 3.05) is 20.2 Å². The van der Waals surface area contributed by atoms with Crippen molar-refractivity contribution in [2.45, 2.75) is 77.7 Å². The Bertz CT molecular complexity index is 760. The topological polar surface area (TPSA) is 42.7 Å². The molecular formula is C26H39NO3. The summed E-state index contributed by atoms with van der Waals surface area (Å²) in [4.78, 5) is 15.0. The van der Waals surface area contributed by atoms with Gasteiger partial charge in [-0.25, -0.2) is 0 Å². The first-order valence-corrected chi connectivity index (χ1v) is 12.3. The molecular weight excluding hydrogens is 374 g/mol. The summed E-state index contributed by atoms with van der Waals surface area (Å²) in [6, 6.07) is 4.45. The van der Waals surface area contributed by atoms with E-state index in [9.17, 15) is 4.79 Å². The van der Waals surface area contributed by atoms with Gasteiger partial charge in [0, 0.05) is 6.04 Å². The number of carbonyl (C=O) groups is 1. The van der Waals surface area contributed by atoms with Crippen molar-refractivity contribution in [1.29, 1.82) is 0 Å². The van der Waals surface area contributed by atoms with Crippen molar-refractivity contribution in [2.24, 2.45) is 34.5 Å². The van der Waals surface area contributed by atoms with Gasteiger partial charge in [0.05, 0.1) is 12.9 Å². The number of ether oxygens (including phenoxy) is 1. The summed E-state index contributed by atoms with van der Waals surface area (Å²) in [5.41, 5.74) is 0.848. The lowest BCUT2D eigenvalue weighted by Gasteiger charge is -2.62. The number of nitrogens with zero attached hydrogens (tertiary/aromatic N) is 1. The highest BCUT2D eigenvalue weighted by Crippen LogP contribution is 2.66. The second-order valence-electron chi connectivity index (χ2n) is 11.3. The fourth-order valence-electron chi connectivity index (χ4n) is 8.56. The molecule has 1 aromatic heterocycles. The van der Waals surface area contributed by atoms with E-state index < -0.39 is 0 Å². The smallest absolute Gasteiger partial charge is 0.313 e. The lowest BCUT2D eigenvalue weighted by molar-refractivity contribution is -0.149. The Morgan fingerprint density at radius 3 is 2.77 bits per heavy atom. The monoisotopic (exact) mass is 413 g/mol. The normalized spacial score (nSPS) is 43.5. The minimum atomic E-state index is -0.149. The van der Waals surface area contributed by atoms with Crippen LogP contribution in [0.5, 0.6) is 0 Å². The molecule has 1 aliphatic heterocycles. The van der Waals surface area contributed by atoms with Gasteiger partial charge in [-0.3, -0.25) is 4.79 Å². The molecule has 2 heterocycles.